The van der Waals surface area contributed by atoms with Crippen molar-refractivity contribution >= 4 is 6.21 Å². The molecule has 0 radical (unpaired) electrons. The van der Waals surface area contributed by atoms with Crippen molar-refractivity contribution in [3.8, 4) is 11.8 Å². The summed E-state index contributed by atoms with van der Waals surface area (Å²) in [5.41, 5.74) is 1.51. The van der Waals surface area contributed by atoms with E-state index in [1.165, 1.54) is 0 Å². The van der Waals surface area contributed by atoms with Crippen LogP contribution in [0.4, 0.5) is 0 Å². The van der Waals surface area contributed by atoms with Crippen LogP contribution in [0.5, 0.6) is 5.75 Å². The molecule has 0 aliphatic carbocycles. The van der Waals surface area contributed by atoms with Gasteiger partial charge >= 0.3 is 0 Å². The van der Waals surface area contributed by atoms with Gasteiger partial charge in [0.15, 0.2) is 0 Å². The Balaban J connectivity index is 1.76. The first-order valence-electron chi connectivity index (χ1n) is 6.64. The summed E-state index contributed by atoms with van der Waals surface area (Å²) in [6.07, 6.45) is 1.02. The van der Waals surface area contributed by atoms with E-state index in [1.807, 2.05) is 42.5 Å². The van der Waals surface area contributed by atoms with E-state index in [2.05, 4.69) is 11.1 Å². The third-order valence-electron chi connectivity index (χ3n) is 2.78. The zero-order chi connectivity index (χ0) is 14.9. The first-order valence-corrected chi connectivity index (χ1v) is 6.64. The lowest BCUT2D eigenvalue weighted by Gasteiger charge is -2.09. The van der Waals surface area contributed by atoms with Crippen molar-refractivity contribution in [2.45, 2.75) is 6.10 Å². The highest BCUT2D eigenvalue weighted by molar-refractivity contribution is 5.79. The van der Waals surface area contributed by atoms with Crippen molar-refractivity contribution in [1.82, 2.24) is 0 Å². The van der Waals surface area contributed by atoms with Crippen LogP contribution < -0.4 is 4.74 Å². The van der Waals surface area contributed by atoms with Crippen LogP contribution in [0.2, 0.25) is 0 Å². The molecule has 0 saturated carbocycles. The molecule has 0 aliphatic heterocycles. The number of aliphatic imine (C=N–C) groups is 1. The van der Waals surface area contributed by atoms with Crippen molar-refractivity contribution in [3.05, 3.63) is 65.7 Å². The molecular formula is C17H16N2O2. The Morgan fingerprint density at radius 3 is 2.52 bits per heavy atom. The van der Waals surface area contributed by atoms with E-state index in [0.29, 0.717) is 5.56 Å². The normalized spacial score (nSPS) is 12.0. The van der Waals surface area contributed by atoms with E-state index in [1.54, 1.807) is 18.3 Å². The Hall–Kier alpha value is -2.64. The van der Waals surface area contributed by atoms with E-state index in [0.717, 1.165) is 11.3 Å². The molecule has 4 heteroatoms. The van der Waals surface area contributed by atoms with Gasteiger partial charge in [-0.2, -0.15) is 5.26 Å². The third-order valence-corrected chi connectivity index (χ3v) is 2.78. The molecule has 4 nitrogen and oxygen atoms in total. The molecule has 2 aromatic rings. The molecule has 0 heterocycles. The lowest BCUT2D eigenvalue weighted by Crippen LogP contribution is -2.20. The van der Waals surface area contributed by atoms with Crippen molar-refractivity contribution < 1.29 is 9.84 Å². The first-order chi connectivity index (χ1) is 10.3. The minimum atomic E-state index is -0.653. The molecule has 2 rings (SSSR count). The second-order valence-electron chi connectivity index (χ2n) is 4.51. The maximum atomic E-state index is 9.79. The minimum Gasteiger partial charge on any atom is -0.491 e. The number of nitriles is 1. The molecule has 0 saturated heterocycles. The topological polar surface area (TPSA) is 65.6 Å². The fourth-order valence-electron chi connectivity index (χ4n) is 1.69. The molecule has 21 heavy (non-hydrogen) atoms. The van der Waals surface area contributed by atoms with Crippen LogP contribution in [0.3, 0.4) is 0 Å². The lowest BCUT2D eigenvalue weighted by atomic mass is 10.2. The Morgan fingerprint density at radius 1 is 1.14 bits per heavy atom. The first kappa shape index (κ1) is 14.8. The van der Waals surface area contributed by atoms with E-state index in [9.17, 15) is 5.11 Å². The van der Waals surface area contributed by atoms with Crippen LogP contribution in [0, 0.1) is 11.3 Å². The lowest BCUT2D eigenvalue weighted by molar-refractivity contribution is 0.114. The van der Waals surface area contributed by atoms with Gasteiger partial charge in [0.2, 0.25) is 0 Å². The number of benzene rings is 2. The Bertz CT molecular complexity index is 615. The molecule has 1 unspecified atom stereocenters. The second-order valence-corrected chi connectivity index (χ2v) is 4.51. The third kappa shape index (κ3) is 5.09. The summed E-state index contributed by atoms with van der Waals surface area (Å²) >= 11 is 0. The predicted octanol–water partition coefficient (Wildman–Crippen LogP) is 2.42. The van der Waals surface area contributed by atoms with E-state index in [4.69, 9.17) is 10.00 Å². The molecular weight excluding hydrogens is 264 g/mol. The summed E-state index contributed by atoms with van der Waals surface area (Å²) < 4.78 is 5.44. The van der Waals surface area contributed by atoms with Crippen LogP contribution in [-0.4, -0.2) is 30.6 Å². The second kappa shape index (κ2) is 7.83. The van der Waals surface area contributed by atoms with Gasteiger partial charge in [-0.1, -0.05) is 30.3 Å². The molecule has 0 bridgehead atoms. The van der Waals surface area contributed by atoms with Gasteiger partial charge in [-0.15, -0.1) is 0 Å². The zero-order valence-corrected chi connectivity index (χ0v) is 11.5. The number of hydrogen-bond donors (Lipinski definition) is 1. The van der Waals surface area contributed by atoms with Gasteiger partial charge in [-0.25, -0.2) is 0 Å². The predicted molar refractivity (Wildman–Crippen MR) is 81.6 cm³/mol. The Kier molecular flexibility index (Phi) is 5.50. The Morgan fingerprint density at radius 2 is 1.86 bits per heavy atom. The van der Waals surface area contributed by atoms with Gasteiger partial charge in [0, 0.05) is 6.21 Å². The van der Waals surface area contributed by atoms with Crippen LogP contribution in [0.15, 0.2) is 59.6 Å². The van der Waals surface area contributed by atoms with E-state index >= 15 is 0 Å². The van der Waals surface area contributed by atoms with Gasteiger partial charge in [-0.05, 0) is 29.8 Å². The van der Waals surface area contributed by atoms with E-state index in [-0.39, 0.29) is 13.2 Å². The van der Waals surface area contributed by atoms with Crippen LogP contribution >= 0.6 is 0 Å². The van der Waals surface area contributed by atoms with E-state index < -0.39 is 6.10 Å². The van der Waals surface area contributed by atoms with Gasteiger partial charge in [-0.3, -0.25) is 4.99 Å². The molecule has 1 atom stereocenters. The van der Waals surface area contributed by atoms with Gasteiger partial charge in [0.05, 0.1) is 18.2 Å². The number of nitrogens with zero attached hydrogens (tertiary/aromatic N) is 2. The number of para-hydroxylation sites is 1. The molecule has 106 valence electrons. The van der Waals surface area contributed by atoms with Crippen LogP contribution in [0.25, 0.3) is 0 Å². The fourth-order valence-corrected chi connectivity index (χ4v) is 1.69. The van der Waals surface area contributed by atoms with Crippen LogP contribution in [-0.2, 0) is 0 Å². The van der Waals surface area contributed by atoms with Crippen LogP contribution in [0.1, 0.15) is 11.1 Å². The highest BCUT2D eigenvalue weighted by Crippen LogP contribution is 2.08. The monoisotopic (exact) mass is 280 g/mol. The summed E-state index contributed by atoms with van der Waals surface area (Å²) in [5, 5.41) is 18.5. The highest BCUT2D eigenvalue weighted by Gasteiger charge is 2.03. The number of aliphatic hydroxyl groups is 1. The van der Waals surface area contributed by atoms with Gasteiger partial charge < -0.3 is 9.84 Å². The standard InChI is InChI=1S/C17H16N2O2/c18-10-14-6-8-15(9-7-14)11-19-12-16(20)13-21-17-4-2-1-3-5-17/h1-9,11,16,20H,12-13H2. The van der Waals surface area contributed by atoms with Crippen molar-refractivity contribution in [1.29, 1.82) is 5.26 Å². The highest BCUT2D eigenvalue weighted by atomic mass is 16.5. The Labute approximate surface area is 124 Å². The SMILES string of the molecule is N#Cc1ccc(C=NCC(O)COc2ccccc2)cc1. The molecule has 0 fully saturated rings. The smallest absolute Gasteiger partial charge is 0.119 e. The number of hydrogen-bond acceptors (Lipinski definition) is 4. The molecule has 2 aromatic carbocycles. The molecule has 0 aliphatic rings. The maximum absolute atomic E-state index is 9.79. The molecule has 0 amide bonds. The van der Waals surface area contributed by atoms with Crippen molar-refractivity contribution in [2.75, 3.05) is 13.2 Å². The summed E-state index contributed by atoms with van der Waals surface area (Å²) in [6.45, 7) is 0.474. The largest absolute Gasteiger partial charge is 0.491 e. The maximum Gasteiger partial charge on any atom is 0.119 e. The van der Waals surface area contributed by atoms with Gasteiger partial charge in [0.1, 0.15) is 18.5 Å². The average Bonchev–Trinajstić information content (AvgIpc) is 2.54. The van der Waals surface area contributed by atoms with Gasteiger partial charge in [0.25, 0.3) is 0 Å². The molecule has 0 spiro atoms. The zero-order valence-electron chi connectivity index (χ0n) is 11.5. The quantitative estimate of drug-likeness (QED) is 0.826. The van der Waals surface area contributed by atoms with Crippen molar-refractivity contribution in [2.24, 2.45) is 4.99 Å². The minimum absolute atomic E-state index is 0.203. The van der Waals surface area contributed by atoms with Crippen molar-refractivity contribution in [3.63, 3.8) is 0 Å². The summed E-state index contributed by atoms with van der Waals surface area (Å²) in [7, 11) is 0. The number of rotatable bonds is 6. The number of ether oxygens (including phenoxy) is 1. The summed E-state index contributed by atoms with van der Waals surface area (Å²) in [6, 6.07) is 18.5. The molecule has 1 N–H and O–H groups in total. The summed E-state index contributed by atoms with van der Waals surface area (Å²) in [5.74, 6) is 0.729. The number of aliphatic hydroxyl groups excluding tert-OH is 1. The molecule has 0 aromatic heterocycles. The summed E-state index contributed by atoms with van der Waals surface area (Å²) in [4.78, 5) is 4.17. The fraction of sp³-hybridized carbons (Fsp3) is 0.176. The average molecular weight is 280 g/mol.